The Bertz CT molecular complexity index is 1030. The Kier molecular flexibility index (Phi) is 9.76. The lowest BCUT2D eigenvalue weighted by atomic mass is 10.1. The number of aromatic nitrogens is 4. The van der Waals surface area contributed by atoms with Crippen molar-refractivity contribution >= 4 is 11.9 Å². The third-order valence-electron chi connectivity index (χ3n) is 4.05. The number of hydrogen-bond acceptors (Lipinski definition) is 10. The van der Waals surface area contributed by atoms with E-state index in [1.54, 1.807) is 6.92 Å². The van der Waals surface area contributed by atoms with Crippen molar-refractivity contribution in [1.82, 2.24) is 20.3 Å². The van der Waals surface area contributed by atoms with Gasteiger partial charge >= 0.3 is 11.9 Å². The van der Waals surface area contributed by atoms with Crippen molar-refractivity contribution in [2.75, 3.05) is 13.7 Å². The molecule has 170 valence electrons. The molecule has 0 fully saturated rings. The molecule has 0 unspecified atom stereocenters. The summed E-state index contributed by atoms with van der Waals surface area (Å²) < 4.78 is 19.5. The molecule has 2 aromatic heterocycles. The number of benzene rings is 1. The molecule has 3 rings (SSSR count). The van der Waals surface area contributed by atoms with Crippen LogP contribution >= 0.6 is 0 Å². The lowest BCUT2D eigenvalue weighted by molar-refractivity contribution is -0.143. The van der Waals surface area contributed by atoms with Gasteiger partial charge in [-0.3, -0.25) is 4.79 Å². The summed E-state index contributed by atoms with van der Waals surface area (Å²) in [4.78, 5) is 30.0. The van der Waals surface area contributed by atoms with Gasteiger partial charge < -0.3 is 18.5 Å². The van der Waals surface area contributed by atoms with Crippen LogP contribution < -0.4 is 0 Å². The smallest absolute Gasteiger partial charge is 0.329 e. The Morgan fingerprint density at radius 1 is 1.12 bits per heavy atom. The van der Waals surface area contributed by atoms with Crippen molar-refractivity contribution in [3.63, 3.8) is 0 Å². The zero-order chi connectivity index (χ0) is 23.3. The van der Waals surface area contributed by atoms with Crippen LogP contribution in [0.2, 0.25) is 0 Å². The van der Waals surface area contributed by atoms with E-state index in [4.69, 9.17) is 13.8 Å². The molecular weight excluding hydrogens is 416 g/mol. The maximum atomic E-state index is 11.6. The molecule has 0 aliphatic rings. The van der Waals surface area contributed by atoms with Crippen LogP contribution in [0.4, 0.5) is 0 Å². The minimum absolute atomic E-state index is 0.216. The van der Waals surface area contributed by atoms with Gasteiger partial charge in [0.2, 0.25) is 23.4 Å². The Morgan fingerprint density at radius 2 is 1.81 bits per heavy atom. The van der Waals surface area contributed by atoms with Gasteiger partial charge in [0.25, 0.3) is 0 Å². The highest BCUT2D eigenvalue weighted by Crippen LogP contribution is 2.23. The number of ether oxygens (including phenoxy) is 2. The van der Waals surface area contributed by atoms with Crippen molar-refractivity contribution < 1.29 is 28.1 Å². The molecule has 3 aromatic rings. The van der Waals surface area contributed by atoms with E-state index in [-0.39, 0.29) is 12.4 Å². The van der Waals surface area contributed by atoms with Gasteiger partial charge in [0.15, 0.2) is 0 Å². The monoisotopic (exact) mass is 442 g/mol. The summed E-state index contributed by atoms with van der Waals surface area (Å²) in [5.41, 5.74) is 1.57. The number of carbonyl (C=O) groups excluding carboxylic acids is 2. The molecule has 10 heteroatoms. The Labute approximate surface area is 185 Å². The molecule has 0 radical (unpaired) electrons. The third-order valence-corrected chi connectivity index (χ3v) is 4.05. The van der Waals surface area contributed by atoms with Gasteiger partial charge in [-0.25, -0.2) is 4.79 Å². The summed E-state index contributed by atoms with van der Waals surface area (Å²) in [5, 5.41) is 7.88. The Morgan fingerprint density at radius 3 is 2.38 bits per heavy atom. The molecule has 0 aliphatic carbocycles. The molecule has 0 spiro atoms. The molecule has 0 saturated heterocycles. The van der Waals surface area contributed by atoms with Crippen LogP contribution in [0.3, 0.4) is 0 Å². The lowest BCUT2D eigenvalue weighted by Gasteiger charge is -2.01. The molecule has 2 heterocycles. The summed E-state index contributed by atoms with van der Waals surface area (Å²) >= 11 is 0. The summed E-state index contributed by atoms with van der Waals surface area (Å²) in [6, 6.07) is 7.46. The van der Waals surface area contributed by atoms with Crippen molar-refractivity contribution in [1.29, 1.82) is 0 Å². The number of aryl methyl sites for hydroxylation is 2. The van der Waals surface area contributed by atoms with Crippen molar-refractivity contribution in [2.45, 2.75) is 39.5 Å². The first-order valence-corrected chi connectivity index (χ1v) is 10.1. The molecule has 0 aliphatic heterocycles. The number of rotatable bonds is 9. The predicted molar refractivity (Wildman–Crippen MR) is 114 cm³/mol. The van der Waals surface area contributed by atoms with Crippen LogP contribution in [0.25, 0.3) is 22.8 Å². The highest BCUT2D eigenvalue weighted by Gasteiger charge is 2.13. The number of methoxy groups -OCH3 is 1. The number of unbranched alkanes of at least 4 members (excludes halogenated alkanes) is 1. The number of nitrogens with zero attached hydrogens (tertiary/aromatic N) is 4. The molecule has 0 atom stereocenters. The van der Waals surface area contributed by atoms with Gasteiger partial charge in [0.1, 0.15) is 0 Å². The Hall–Kier alpha value is -3.82. The summed E-state index contributed by atoms with van der Waals surface area (Å²) in [7, 11) is 1.31. The molecule has 0 saturated carbocycles. The molecule has 0 bridgehead atoms. The van der Waals surface area contributed by atoms with Gasteiger partial charge in [-0.1, -0.05) is 48.4 Å². The van der Waals surface area contributed by atoms with Crippen molar-refractivity contribution in [2.24, 2.45) is 0 Å². The molecule has 0 amide bonds. The standard InChI is InChI=1S/C18H20N4O4.C4H6O2/c1-3-4-10-24-16(23)9-8-15-20-18(22-26-15)14-7-5-6-13(11-14)17-19-12(2)25-21-17;1-3-4(5)6-2/h5-7,11H,3-4,8-10H2,1-2H3;3H,1H2,2H3. The largest absolute Gasteiger partial charge is 0.466 e. The highest BCUT2D eigenvalue weighted by molar-refractivity contribution is 5.80. The summed E-state index contributed by atoms with van der Waals surface area (Å²) in [6.45, 7) is 7.39. The normalized spacial score (nSPS) is 10.1. The SMILES string of the molecule is C=CC(=O)OC.CCCCOC(=O)CCc1nc(-c2cccc(-c3noc(C)n3)c2)no1. The summed E-state index contributed by atoms with van der Waals surface area (Å²) in [6.07, 6.45) is 3.53. The van der Waals surface area contributed by atoms with Crippen molar-refractivity contribution in [3.8, 4) is 22.8 Å². The van der Waals surface area contributed by atoms with Crippen LogP contribution in [-0.2, 0) is 25.5 Å². The first-order chi connectivity index (χ1) is 15.5. The fourth-order valence-electron chi connectivity index (χ4n) is 2.38. The topological polar surface area (TPSA) is 130 Å². The first kappa shape index (κ1) is 24.4. The van der Waals surface area contributed by atoms with Gasteiger partial charge in [0.05, 0.1) is 20.1 Å². The van der Waals surface area contributed by atoms with Crippen LogP contribution in [0, 0.1) is 6.92 Å². The molecule has 10 nitrogen and oxygen atoms in total. The van der Waals surface area contributed by atoms with Gasteiger partial charge in [-0.15, -0.1) is 0 Å². The third kappa shape index (κ3) is 7.78. The van der Waals surface area contributed by atoms with E-state index >= 15 is 0 Å². The van der Waals surface area contributed by atoms with E-state index in [9.17, 15) is 9.59 Å². The zero-order valence-electron chi connectivity index (χ0n) is 18.4. The second-order valence-corrected chi connectivity index (χ2v) is 6.53. The fourth-order valence-corrected chi connectivity index (χ4v) is 2.38. The van der Waals surface area contributed by atoms with Gasteiger partial charge in [-0.05, 0) is 12.5 Å². The van der Waals surface area contributed by atoms with Crippen LogP contribution in [0.1, 0.15) is 38.0 Å². The number of carbonyl (C=O) groups is 2. The van der Waals surface area contributed by atoms with Crippen molar-refractivity contribution in [3.05, 3.63) is 48.7 Å². The first-order valence-electron chi connectivity index (χ1n) is 10.1. The average molecular weight is 442 g/mol. The number of esters is 2. The molecular formula is C22H26N4O6. The minimum atomic E-state index is -0.394. The predicted octanol–water partition coefficient (Wildman–Crippen LogP) is 3.72. The second kappa shape index (κ2) is 12.8. The minimum Gasteiger partial charge on any atom is -0.466 e. The van der Waals surface area contributed by atoms with Gasteiger partial charge in [0, 0.05) is 30.5 Å². The van der Waals surface area contributed by atoms with Crippen LogP contribution in [-0.4, -0.2) is 45.9 Å². The van der Waals surface area contributed by atoms with E-state index in [2.05, 4.69) is 31.6 Å². The van der Waals surface area contributed by atoms with E-state index in [1.807, 2.05) is 31.2 Å². The molecule has 0 N–H and O–H groups in total. The molecule has 1 aromatic carbocycles. The second-order valence-electron chi connectivity index (χ2n) is 6.53. The highest BCUT2D eigenvalue weighted by atomic mass is 16.5. The van der Waals surface area contributed by atoms with Crippen LogP contribution in [0.15, 0.2) is 46.0 Å². The quantitative estimate of drug-likeness (QED) is 0.274. The van der Waals surface area contributed by atoms with Gasteiger partial charge in [-0.2, -0.15) is 9.97 Å². The maximum Gasteiger partial charge on any atom is 0.329 e. The lowest BCUT2D eigenvalue weighted by Crippen LogP contribution is -2.07. The average Bonchev–Trinajstić information content (AvgIpc) is 3.47. The van der Waals surface area contributed by atoms with Crippen LogP contribution in [0.5, 0.6) is 0 Å². The Balaban J connectivity index is 0.000000534. The van der Waals surface area contributed by atoms with E-state index in [0.717, 1.165) is 30.0 Å². The zero-order valence-corrected chi connectivity index (χ0v) is 18.4. The van der Waals surface area contributed by atoms with E-state index in [1.165, 1.54) is 7.11 Å². The molecule has 32 heavy (non-hydrogen) atoms. The van der Waals surface area contributed by atoms with E-state index in [0.29, 0.717) is 36.5 Å². The number of hydrogen-bond donors (Lipinski definition) is 0. The summed E-state index contributed by atoms with van der Waals surface area (Å²) in [5.74, 6) is 1.19. The fraction of sp³-hybridized carbons (Fsp3) is 0.364. The van der Waals surface area contributed by atoms with E-state index < -0.39 is 5.97 Å². The maximum absolute atomic E-state index is 11.6.